The predicted molar refractivity (Wildman–Crippen MR) is 76.0 cm³/mol. The molecule has 0 heterocycles. The number of rotatable bonds is 5. The van der Waals surface area contributed by atoms with E-state index in [1.54, 1.807) is 7.11 Å². The van der Waals surface area contributed by atoms with Gasteiger partial charge in [-0.25, -0.2) is 0 Å². The van der Waals surface area contributed by atoms with E-state index in [2.05, 4.69) is 30.4 Å². The molecule has 0 radical (unpaired) electrons. The first-order valence-electron chi connectivity index (χ1n) is 7.17. The van der Waals surface area contributed by atoms with Crippen LogP contribution in [-0.4, -0.2) is 13.7 Å². The Bertz CT molecular complexity index is 358. The van der Waals surface area contributed by atoms with Gasteiger partial charge in [0.2, 0.25) is 0 Å². The molecule has 1 aliphatic rings. The van der Waals surface area contributed by atoms with E-state index in [4.69, 9.17) is 4.74 Å². The Morgan fingerprint density at radius 2 is 2.06 bits per heavy atom. The van der Waals surface area contributed by atoms with Crippen molar-refractivity contribution in [3.05, 3.63) is 29.8 Å². The Balaban J connectivity index is 1.84. The van der Waals surface area contributed by atoms with Gasteiger partial charge in [0.25, 0.3) is 0 Å². The zero-order valence-electron chi connectivity index (χ0n) is 11.6. The summed E-state index contributed by atoms with van der Waals surface area (Å²) in [5.74, 6) is 1.82. The summed E-state index contributed by atoms with van der Waals surface area (Å²) in [6, 6.07) is 8.76. The lowest BCUT2D eigenvalue weighted by atomic mass is 9.89. The maximum absolute atomic E-state index is 5.27. The lowest BCUT2D eigenvalue weighted by Crippen LogP contribution is -2.27. The molecule has 1 aliphatic carbocycles. The van der Waals surface area contributed by atoms with Gasteiger partial charge in [0.15, 0.2) is 0 Å². The molecule has 1 aromatic carbocycles. The van der Waals surface area contributed by atoms with Crippen LogP contribution in [0, 0.1) is 5.92 Å². The molecule has 0 aliphatic heterocycles. The maximum Gasteiger partial charge on any atom is 0.119 e. The van der Waals surface area contributed by atoms with E-state index in [0.29, 0.717) is 6.04 Å². The largest absolute Gasteiger partial charge is 0.497 e. The highest BCUT2D eigenvalue weighted by atomic mass is 16.5. The minimum Gasteiger partial charge on any atom is -0.497 e. The van der Waals surface area contributed by atoms with Crippen LogP contribution in [0.3, 0.4) is 0 Å². The van der Waals surface area contributed by atoms with Crippen LogP contribution in [-0.2, 0) is 0 Å². The van der Waals surface area contributed by atoms with Crippen molar-refractivity contribution >= 4 is 0 Å². The summed E-state index contributed by atoms with van der Waals surface area (Å²) in [5.41, 5.74) is 1.31. The Morgan fingerprint density at radius 3 is 2.78 bits per heavy atom. The van der Waals surface area contributed by atoms with Crippen LogP contribution in [0.15, 0.2) is 24.3 Å². The molecule has 2 rings (SSSR count). The van der Waals surface area contributed by atoms with Crippen molar-refractivity contribution in [2.75, 3.05) is 13.7 Å². The second-order valence-corrected chi connectivity index (χ2v) is 5.41. The summed E-state index contributed by atoms with van der Waals surface area (Å²) in [7, 11) is 1.72. The molecule has 1 atom stereocenters. The Kier molecular flexibility index (Phi) is 5.06. The first-order valence-corrected chi connectivity index (χ1v) is 7.17. The standard InChI is InChI=1S/C16H25NO/c1-13(15-9-6-10-16(11-15)18-2)17-12-14-7-4-3-5-8-14/h6,9-11,13-14,17H,3-5,7-8,12H2,1-2H3. The van der Waals surface area contributed by atoms with Crippen molar-refractivity contribution in [3.63, 3.8) is 0 Å². The van der Waals surface area contributed by atoms with Gasteiger partial charge in [-0.3, -0.25) is 0 Å². The van der Waals surface area contributed by atoms with Crippen LogP contribution < -0.4 is 10.1 Å². The van der Waals surface area contributed by atoms with Gasteiger partial charge in [-0.15, -0.1) is 0 Å². The number of benzene rings is 1. The Labute approximate surface area is 111 Å². The molecule has 1 aromatic rings. The van der Waals surface area contributed by atoms with Crippen LogP contribution in [0.5, 0.6) is 5.75 Å². The Hall–Kier alpha value is -1.02. The number of hydrogen-bond donors (Lipinski definition) is 1. The summed E-state index contributed by atoms with van der Waals surface area (Å²) >= 11 is 0. The van der Waals surface area contributed by atoms with Crippen molar-refractivity contribution in [1.82, 2.24) is 5.32 Å². The van der Waals surface area contributed by atoms with E-state index in [1.807, 2.05) is 6.07 Å². The fourth-order valence-corrected chi connectivity index (χ4v) is 2.76. The summed E-state index contributed by atoms with van der Waals surface area (Å²) in [5, 5.41) is 3.66. The minimum atomic E-state index is 0.405. The Morgan fingerprint density at radius 1 is 1.28 bits per heavy atom. The fourth-order valence-electron chi connectivity index (χ4n) is 2.76. The van der Waals surface area contributed by atoms with Gasteiger partial charge in [0.1, 0.15) is 5.75 Å². The molecule has 1 saturated carbocycles. The number of methoxy groups -OCH3 is 1. The summed E-state index contributed by atoms with van der Waals surface area (Å²) in [4.78, 5) is 0. The van der Waals surface area contributed by atoms with E-state index in [-0.39, 0.29) is 0 Å². The molecule has 18 heavy (non-hydrogen) atoms. The summed E-state index contributed by atoms with van der Waals surface area (Å²) < 4.78 is 5.27. The van der Waals surface area contributed by atoms with Crippen molar-refractivity contribution in [1.29, 1.82) is 0 Å². The van der Waals surface area contributed by atoms with Crippen LogP contribution in [0.25, 0.3) is 0 Å². The molecule has 0 spiro atoms. The number of hydrogen-bond acceptors (Lipinski definition) is 2. The SMILES string of the molecule is COc1cccc(C(C)NCC2CCCCC2)c1. The predicted octanol–water partition coefficient (Wildman–Crippen LogP) is 3.93. The monoisotopic (exact) mass is 247 g/mol. The smallest absolute Gasteiger partial charge is 0.119 e. The van der Waals surface area contributed by atoms with Crippen molar-refractivity contribution in [2.24, 2.45) is 5.92 Å². The second-order valence-electron chi connectivity index (χ2n) is 5.41. The molecule has 1 N–H and O–H groups in total. The highest BCUT2D eigenvalue weighted by Gasteiger charge is 2.14. The zero-order chi connectivity index (χ0) is 12.8. The molecule has 2 nitrogen and oxygen atoms in total. The third kappa shape index (κ3) is 3.74. The fraction of sp³-hybridized carbons (Fsp3) is 0.625. The molecule has 0 bridgehead atoms. The molecule has 2 heteroatoms. The average molecular weight is 247 g/mol. The molecular formula is C16H25NO. The second kappa shape index (κ2) is 6.79. The summed E-state index contributed by atoms with van der Waals surface area (Å²) in [6.45, 7) is 3.38. The molecule has 100 valence electrons. The third-order valence-electron chi connectivity index (χ3n) is 4.03. The van der Waals surface area contributed by atoms with E-state index >= 15 is 0 Å². The normalized spacial score (nSPS) is 18.6. The molecular weight excluding hydrogens is 222 g/mol. The third-order valence-corrected chi connectivity index (χ3v) is 4.03. The molecule has 0 aromatic heterocycles. The zero-order valence-corrected chi connectivity index (χ0v) is 11.6. The van der Waals surface area contributed by atoms with E-state index < -0.39 is 0 Å². The van der Waals surface area contributed by atoms with Crippen LogP contribution in [0.2, 0.25) is 0 Å². The van der Waals surface area contributed by atoms with Gasteiger partial charge < -0.3 is 10.1 Å². The highest BCUT2D eigenvalue weighted by Crippen LogP contribution is 2.24. The first-order chi connectivity index (χ1) is 8.79. The first kappa shape index (κ1) is 13.4. The van der Waals surface area contributed by atoms with Gasteiger partial charge >= 0.3 is 0 Å². The van der Waals surface area contributed by atoms with E-state index in [9.17, 15) is 0 Å². The van der Waals surface area contributed by atoms with Gasteiger partial charge in [0, 0.05) is 6.04 Å². The average Bonchev–Trinajstić information content (AvgIpc) is 2.46. The minimum absolute atomic E-state index is 0.405. The van der Waals surface area contributed by atoms with Crippen molar-refractivity contribution in [3.8, 4) is 5.75 Å². The van der Waals surface area contributed by atoms with Gasteiger partial charge in [-0.1, -0.05) is 31.4 Å². The van der Waals surface area contributed by atoms with Crippen LogP contribution in [0.4, 0.5) is 0 Å². The molecule has 1 fully saturated rings. The van der Waals surface area contributed by atoms with Gasteiger partial charge in [-0.2, -0.15) is 0 Å². The number of ether oxygens (including phenoxy) is 1. The molecule has 1 unspecified atom stereocenters. The quantitative estimate of drug-likeness (QED) is 0.851. The van der Waals surface area contributed by atoms with Crippen molar-refractivity contribution < 1.29 is 4.74 Å². The lowest BCUT2D eigenvalue weighted by Gasteiger charge is -2.24. The highest BCUT2D eigenvalue weighted by molar-refractivity contribution is 5.30. The van der Waals surface area contributed by atoms with Gasteiger partial charge in [0.05, 0.1) is 7.11 Å². The van der Waals surface area contributed by atoms with Gasteiger partial charge in [-0.05, 0) is 49.9 Å². The summed E-state index contributed by atoms with van der Waals surface area (Å²) in [6.07, 6.45) is 7.07. The topological polar surface area (TPSA) is 21.3 Å². The maximum atomic E-state index is 5.27. The van der Waals surface area contributed by atoms with E-state index in [1.165, 1.54) is 37.7 Å². The molecule has 0 amide bonds. The number of nitrogens with one attached hydrogen (secondary N) is 1. The van der Waals surface area contributed by atoms with Crippen LogP contribution in [0.1, 0.15) is 50.6 Å². The van der Waals surface area contributed by atoms with Crippen LogP contribution >= 0.6 is 0 Å². The van der Waals surface area contributed by atoms with E-state index in [0.717, 1.165) is 18.2 Å². The molecule has 0 saturated heterocycles. The lowest BCUT2D eigenvalue weighted by molar-refractivity contribution is 0.331. The van der Waals surface area contributed by atoms with Crippen molar-refractivity contribution in [2.45, 2.75) is 45.1 Å².